The predicted octanol–water partition coefficient (Wildman–Crippen LogP) is 3.17. The van der Waals surface area contributed by atoms with E-state index in [-0.39, 0.29) is 11.7 Å². The molecule has 0 aliphatic carbocycles. The molecule has 2 heterocycles. The van der Waals surface area contributed by atoms with Gasteiger partial charge in [-0.3, -0.25) is 9.89 Å². The zero-order chi connectivity index (χ0) is 12.5. The van der Waals surface area contributed by atoms with Crippen molar-refractivity contribution in [2.24, 2.45) is 0 Å². The highest BCUT2D eigenvalue weighted by molar-refractivity contribution is 9.10. The van der Waals surface area contributed by atoms with E-state index in [1.54, 1.807) is 18.3 Å². The number of furan rings is 1. The third-order valence-electron chi connectivity index (χ3n) is 2.47. The number of benzene rings is 1. The van der Waals surface area contributed by atoms with Crippen molar-refractivity contribution in [3.05, 3.63) is 46.8 Å². The van der Waals surface area contributed by atoms with Gasteiger partial charge in [0, 0.05) is 11.5 Å². The predicted molar refractivity (Wildman–Crippen MR) is 70.5 cm³/mol. The number of aromatic nitrogens is 2. The standard InChI is InChI=1S/C12H8BrN3O2/c13-8-3-1-2-7-6-9(18-11(7)8)12(17)15-10-4-5-14-16-10/h1-6H,(H2,14,15,16,17). The number of amides is 1. The summed E-state index contributed by atoms with van der Waals surface area (Å²) in [6.45, 7) is 0. The highest BCUT2D eigenvalue weighted by Crippen LogP contribution is 2.27. The Hall–Kier alpha value is -2.08. The number of fused-ring (bicyclic) bond motifs is 1. The number of aromatic amines is 1. The first-order chi connectivity index (χ1) is 8.74. The quantitative estimate of drug-likeness (QED) is 0.764. The first kappa shape index (κ1) is 11.0. The van der Waals surface area contributed by atoms with Crippen LogP contribution in [0.1, 0.15) is 10.6 Å². The monoisotopic (exact) mass is 305 g/mol. The van der Waals surface area contributed by atoms with Crippen LogP contribution in [0.15, 0.2) is 45.4 Å². The minimum Gasteiger partial charge on any atom is -0.450 e. The smallest absolute Gasteiger partial charge is 0.292 e. The average molecular weight is 306 g/mol. The van der Waals surface area contributed by atoms with E-state index in [1.807, 2.05) is 18.2 Å². The summed E-state index contributed by atoms with van der Waals surface area (Å²) in [7, 11) is 0. The van der Waals surface area contributed by atoms with Gasteiger partial charge in [0.25, 0.3) is 5.91 Å². The topological polar surface area (TPSA) is 70.9 Å². The SMILES string of the molecule is O=C(Nc1ccn[nH]1)c1cc2cccc(Br)c2o1. The van der Waals surface area contributed by atoms with Gasteiger partial charge in [0.2, 0.25) is 0 Å². The number of hydrogen-bond acceptors (Lipinski definition) is 3. The van der Waals surface area contributed by atoms with Gasteiger partial charge < -0.3 is 9.73 Å². The van der Waals surface area contributed by atoms with Gasteiger partial charge in [-0.2, -0.15) is 5.10 Å². The van der Waals surface area contributed by atoms with Crippen LogP contribution in [0.25, 0.3) is 11.0 Å². The fourth-order valence-electron chi connectivity index (χ4n) is 1.65. The van der Waals surface area contributed by atoms with Crippen LogP contribution in [0.5, 0.6) is 0 Å². The molecule has 5 nitrogen and oxygen atoms in total. The number of nitrogens with zero attached hydrogens (tertiary/aromatic N) is 1. The third kappa shape index (κ3) is 1.91. The molecule has 3 rings (SSSR count). The normalized spacial score (nSPS) is 10.7. The van der Waals surface area contributed by atoms with E-state index < -0.39 is 0 Å². The Kier molecular flexibility index (Phi) is 2.64. The first-order valence-electron chi connectivity index (χ1n) is 5.23. The second-order valence-corrected chi connectivity index (χ2v) is 4.55. The second kappa shape index (κ2) is 4.30. The molecule has 0 fully saturated rings. The van der Waals surface area contributed by atoms with Gasteiger partial charge in [-0.1, -0.05) is 12.1 Å². The number of anilines is 1. The Morgan fingerprint density at radius 1 is 1.39 bits per heavy atom. The minimum atomic E-state index is -0.317. The van der Waals surface area contributed by atoms with E-state index in [0.717, 1.165) is 9.86 Å². The number of halogens is 1. The van der Waals surface area contributed by atoms with E-state index in [2.05, 4.69) is 31.4 Å². The molecule has 0 radical (unpaired) electrons. The molecule has 0 aliphatic heterocycles. The van der Waals surface area contributed by atoms with Crippen LogP contribution in [-0.2, 0) is 0 Å². The number of carbonyl (C=O) groups is 1. The molecule has 1 amide bonds. The summed E-state index contributed by atoms with van der Waals surface area (Å²) in [6.07, 6.45) is 1.56. The lowest BCUT2D eigenvalue weighted by molar-refractivity contribution is 0.0998. The van der Waals surface area contributed by atoms with Crippen molar-refractivity contribution in [3.63, 3.8) is 0 Å². The molecule has 0 saturated carbocycles. The van der Waals surface area contributed by atoms with Gasteiger partial charge in [0.15, 0.2) is 5.76 Å². The van der Waals surface area contributed by atoms with Crippen LogP contribution in [0.3, 0.4) is 0 Å². The number of para-hydroxylation sites is 1. The molecule has 90 valence electrons. The van der Waals surface area contributed by atoms with Gasteiger partial charge in [-0.25, -0.2) is 0 Å². The molecule has 0 atom stereocenters. The van der Waals surface area contributed by atoms with E-state index >= 15 is 0 Å². The van der Waals surface area contributed by atoms with Gasteiger partial charge in [-0.05, 0) is 28.1 Å². The van der Waals surface area contributed by atoms with Crippen molar-refractivity contribution in [2.45, 2.75) is 0 Å². The molecule has 2 aromatic heterocycles. The second-order valence-electron chi connectivity index (χ2n) is 3.69. The Bertz CT molecular complexity index is 703. The molecule has 0 spiro atoms. The minimum absolute atomic E-state index is 0.256. The van der Waals surface area contributed by atoms with Crippen molar-refractivity contribution < 1.29 is 9.21 Å². The van der Waals surface area contributed by atoms with E-state index in [1.165, 1.54) is 0 Å². The highest BCUT2D eigenvalue weighted by Gasteiger charge is 2.14. The lowest BCUT2D eigenvalue weighted by Gasteiger charge is -1.97. The van der Waals surface area contributed by atoms with Crippen LogP contribution < -0.4 is 5.32 Å². The average Bonchev–Trinajstić information content (AvgIpc) is 2.97. The van der Waals surface area contributed by atoms with Crippen LogP contribution in [0, 0.1) is 0 Å². The lowest BCUT2D eigenvalue weighted by atomic mass is 10.2. The number of nitrogens with one attached hydrogen (secondary N) is 2. The molecular formula is C12H8BrN3O2. The maximum atomic E-state index is 11.9. The zero-order valence-electron chi connectivity index (χ0n) is 9.11. The summed E-state index contributed by atoms with van der Waals surface area (Å²) in [5, 5.41) is 9.92. The summed E-state index contributed by atoms with van der Waals surface area (Å²) in [6, 6.07) is 9.00. The summed E-state index contributed by atoms with van der Waals surface area (Å²) in [5.41, 5.74) is 0.660. The summed E-state index contributed by atoms with van der Waals surface area (Å²) in [5.74, 6) is 0.466. The number of H-pyrrole nitrogens is 1. The Morgan fingerprint density at radius 2 is 2.28 bits per heavy atom. The summed E-state index contributed by atoms with van der Waals surface area (Å²) in [4.78, 5) is 11.9. The van der Waals surface area contributed by atoms with Gasteiger partial charge in [0.1, 0.15) is 11.4 Å². The van der Waals surface area contributed by atoms with Crippen molar-refractivity contribution in [3.8, 4) is 0 Å². The third-order valence-corrected chi connectivity index (χ3v) is 3.09. The molecule has 2 N–H and O–H groups in total. The van der Waals surface area contributed by atoms with Crippen LogP contribution in [0.4, 0.5) is 5.82 Å². The van der Waals surface area contributed by atoms with Gasteiger partial charge >= 0.3 is 0 Å². The van der Waals surface area contributed by atoms with Crippen molar-refractivity contribution in [2.75, 3.05) is 5.32 Å². The molecule has 6 heteroatoms. The molecule has 0 aliphatic rings. The summed E-state index contributed by atoms with van der Waals surface area (Å²) < 4.78 is 6.34. The van der Waals surface area contributed by atoms with Crippen LogP contribution >= 0.6 is 15.9 Å². The summed E-state index contributed by atoms with van der Waals surface area (Å²) >= 11 is 3.38. The molecule has 1 aromatic carbocycles. The number of carbonyl (C=O) groups excluding carboxylic acids is 1. The lowest BCUT2D eigenvalue weighted by Crippen LogP contribution is -2.10. The van der Waals surface area contributed by atoms with E-state index in [9.17, 15) is 4.79 Å². The van der Waals surface area contributed by atoms with Crippen LogP contribution in [0.2, 0.25) is 0 Å². The molecule has 0 saturated heterocycles. The van der Waals surface area contributed by atoms with E-state index in [0.29, 0.717) is 11.4 Å². The first-order valence-corrected chi connectivity index (χ1v) is 6.02. The molecular weight excluding hydrogens is 298 g/mol. The largest absolute Gasteiger partial charge is 0.450 e. The van der Waals surface area contributed by atoms with Crippen molar-refractivity contribution in [1.29, 1.82) is 0 Å². The van der Waals surface area contributed by atoms with Gasteiger partial charge in [-0.15, -0.1) is 0 Å². The Labute approximate surface area is 110 Å². The molecule has 0 bridgehead atoms. The molecule has 18 heavy (non-hydrogen) atoms. The van der Waals surface area contributed by atoms with E-state index in [4.69, 9.17) is 4.42 Å². The van der Waals surface area contributed by atoms with Crippen molar-refractivity contribution in [1.82, 2.24) is 10.2 Å². The Balaban J connectivity index is 1.94. The van der Waals surface area contributed by atoms with Crippen molar-refractivity contribution >= 4 is 38.6 Å². The van der Waals surface area contributed by atoms with Crippen LogP contribution in [-0.4, -0.2) is 16.1 Å². The zero-order valence-corrected chi connectivity index (χ0v) is 10.7. The highest BCUT2D eigenvalue weighted by atomic mass is 79.9. The number of rotatable bonds is 2. The fraction of sp³-hybridized carbons (Fsp3) is 0. The maximum Gasteiger partial charge on any atom is 0.292 e. The Morgan fingerprint density at radius 3 is 3.00 bits per heavy atom. The number of hydrogen-bond donors (Lipinski definition) is 2. The molecule has 0 unspecified atom stereocenters. The van der Waals surface area contributed by atoms with Gasteiger partial charge in [0.05, 0.1) is 10.7 Å². The maximum absolute atomic E-state index is 11.9. The molecule has 3 aromatic rings. The fourth-order valence-corrected chi connectivity index (χ4v) is 2.11.